The number of benzene rings is 1. The third kappa shape index (κ3) is 4.28. The normalized spacial score (nSPS) is 18.6. The molecule has 2 atom stereocenters. The average molecular weight is 355 g/mol. The van der Waals surface area contributed by atoms with Gasteiger partial charge in [-0.1, -0.05) is 25.1 Å². The van der Waals surface area contributed by atoms with Gasteiger partial charge in [-0.2, -0.15) is 0 Å². The van der Waals surface area contributed by atoms with Crippen LogP contribution in [-0.2, 0) is 4.79 Å². The molecule has 0 unspecified atom stereocenters. The summed E-state index contributed by atoms with van der Waals surface area (Å²) in [6, 6.07) is 12.4. The van der Waals surface area contributed by atoms with E-state index in [1.807, 2.05) is 43.5 Å². The summed E-state index contributed by atoms with van der Waals surface area (Å²) in [5.41, 5.74) is 2.25. The number of carbonyl (C=O) groups is 1. The second-order valence-electron chi connectivity index (χ2n) is 6.75. The monoisotopic (exact) mass is 355 g/mol. The smallest absolute Gasteiger partial charge is 0.234 e. The summed E-state index contributed by atoms with van der Waals surface area (Å²) in [5, 5.41) is 3.20. The van der Waals surface area contributed by atoms with Gasteiger partial charge in [-0.25, -0.2) is 0 Å². The van der Waals surface area contributed by atoms with E-state index in [0.717, 1.165) is 37.1 Å². The van der Waals surface area contributed by atoms with E-state index in [9.17, 15) is 4.79 Å². The molecule has 0 spiro atoms. The number of carbonyl (C=O) groups excluding carboxylic acids is 1. The van der Waals surface area contributed by atoms with Gasteiger partial charge in [0.25, 0.3) is 0 Å². The second kappa shape index (κ2) is 8.90. The van der Waals surface area contributed by atoms with Gasteiger partial charge in [0, 0.05) is 17.5 Å². The summed E-state index contributed by atoms with van der Waals surface area (Å²) in [4.78, 5) is 18.3. The summed E-state index contributed by atoms with van der Waals surface area (Å²) in [5.74, 6) is 0.925. The Morgan fingerprint density at radius 1 is 1.31 bits per heavy atom. The van der Waals surface area contributed by atoms with E-state index >= 15 is 0 Å². The van der Waals surface area contributed by atoms with Gasteiger partial charge in [-0.15, -0.1) is 0 Å². The van der Waals surface area contributed by atoms with Crippen LogP contribution >= 0.6 is 0 Å². The Hall–Kier alpha value is -2.27. The Labute approximate surface area is 155 Å². The van der Waals surface area contributed by atoms with Gasteiger partial charge in [-0.05, 0) is 50.9 Å². The van der Waals surface area contributed by atoms with Crippen molar-refractivity contribution in [2.45, 2.75) is 45.2 Å². The van der Waals surface area contributed by atoms with Crippen molar-refractivity contribution in [2.24, 2.45) is 0 Å². The molecular formula is C21H29N3O2. The van der Waals surface area contributed by atoms with Gasteiger partial charge < -0.3 is 15.0 Å². The maximum Gasteiger partial charge on any atom is 0.234 e. The Morgan fingerprint density at radius 3 is 2.88 bits per heavy atom. The molecule has 1 aromatic heterocycles. The number of rotatable bonds is 8. The first kappa shape index (κ1) is 18.5. The molecule has 1 saturated heterocycles. The molecule has 0 radical (unpaired) electrons. The number of ether oxygens (including phenoxy) is 1. The van der Waals surface area contributed by atoms with E-state index in [1.165, 1.54) is 5.69 Å². The number of aromatic amines is 1. The fraction of sp³-hybridized carbons (Fsp3) is 0.476. The summed E-state index contributed by atoms with van der Waals surface area (Å²) < 4.78 is 5.73. The standard InChI is InChI=1S/C21H29N3O2/c1-3-17(16-9-5-6-12-20(16)26-4-2)23-21(25)15-24-14-8-11-19(24)18-10-7-13-22-18/h5-7,9-10,12-13,17,19,22H,3-4,8,11,14-15H2,1-2H3,(H,23,25)/t17-,19-/m0/s1. The van der Waals surface area contributed by atoms with E-state index in [0.29, 0.717) is 19.2 Å². The number of hydrogen-bond donors (Lipinski definition) is 2. The molecular weight excluding hydrogens is 326 g/mol. The van der Waals surface area contributed by atoms with Crippen molar-refractivity contribution in [1.82, 2.24) is 15.2 Å². The highest BCUT2D eigenvalue weighted by Crippen LogP contribution is 2.31. The van der Waals surface area contributed by atoms with Crippen LogP contribution in [0.4, 0.5) is 0 Å². The zero-order valence-corrected chi connectivity index (χ0v) is 15.7. The molecule has 0 saturated carbocycles. The average Bonchev–Trinajstić information content (AvgIpc) is 3.32. The van der Waals surface area contributed by atoms with Gasteiger partial charge in [0.15, 0.2) is 0 Å². The van der Waals surface area contributed by atoms with Crippen molar-refractivity contribution in [2.75, 3.05) is 19.7 Å². The molecule has 26 heavy (non-hydrogen) atoms. The highest BCUT2D eigenvalue weighted by atomic mass is 16.5. The molecule has 0 bridgehead atoms. The fourth-order valence-corrected chi connectivity index (χ4v) is 3.80. The molecule has 3 rings (SSSR count). The van der Waals surface area contributed by atoms with Gasteiger partial charge in [-0.3, -0.25) is 9.69 Å². The van der Waals surface area contributed by atoms with Gasteiger partial charge in [0.05, 0.1) is 25.2 Å². The summed E-state index contributed by atoms with van der Waals surface area (Å²) in [6.45, 7) is 6.07. The van der Waals surface area contributed by atoms with Crippen LogP contribution in [0.3, 0.4) is 0 Å². The third-order valence-corrected chi connectivity index (χ3v) is 5.03. The highest BCUT2D eigenvalue weighted by Gasteiger charge is 2.28. The predicted molar refractivity (Wildman–Crippen MR) is 103 cm³/mol. The Kier molecular flexibility index (Phi) is 6.34. The molecule has 2 heterocycles. The van der Waals surface area contributed by atoms with Crippen molar-refractivity contribution < 1.29 is 9.53 Å². The number of amides is 1. The fourth-order valence-electron chi connectivity index (χ4n) is 3.80. The molecule has 1 aromatic carbocycles. The van der Waals surface area contributed by atoms with Crippen LogP contribution in [0.5, 0.6) is 5.75 Å². The van der Waals surface area contributed by atoms with Crippen molar-refractivity contribution >= 4 is 5.91 Å². The third-order valence-electron chi connectivity index (χ3n) is 5.03. The largest absolute Gasteiger partial charge is 0.494 e. The van der Waals surface area contributed by atoms with Crippen LogP contribution < -0.4 is 10.1 Å². The molecule has 1 amide bonds. The first-order valence-corrected chi connectivity index (χ1v) is 9.61. The molecule has 2 N–H and O–H groups in total. The number of likely N-dealkylation sites (tertiary alicyclic amines) is 1. The molecule has 2 aromatic rings. The van der Waals surface area contributed by atoms with Crippen molar-refractivity contribution in [3.05, 3.63) is 53.9 Å². The lowest BCUT2D eigenvalue weighted by molar-refractivity contribution is -0.123. The van der Waals surface area contributed by atoms with Crippen LogP contribution in [0.15, 0.2) is 42.6 Å². The van der Waals surface area contributed by atoms with Crippen LogP contribution in [0.2, 0.25) is 0 Å². The zero-order valence-electron chi connectivity index (χ0n) is 15.7. The van der Waals surface area contributed by atoms with Crippen LogP contribution in [0.25, 0.3) is 0 Å². The number of hydrogen-bond acceptors (Lipinski definition) is 3. The molecule has 0 aliphatic carbocycles. The molecule has 140 valence electrons. The summed E-state index contributed by atoms with van der Waals surface area (Å²) in [6.07, 6.45) is 5.00. The van der Waals surface area contributed by atoms with Crippen molar-refractivity contribution in [1.29, 1.82) is 0 Å². The number of nitrogens with zero attached hydrogens (tertiary/aromatic N) is 1. The molecule has 1 fully saturated rings. The summed E-state index contributed by atoms with van der Waals surface area (Å²) >= 11 is 0. The lowest BCUT2D eigenvalue weighted by Crippen LogP contribution is -2.38. The maximum atomic E-state index is 12.7. The SMILES string of the molecule is CCOc1ccccc1[C@H](CC)NC(=O)CN1CCC[C@H]1c1ccc[nH]1. The molecule has 1 aliphatic rings. The summed E-state index contributed by atoms with van der Waals surface area (Å²) in [7, 11) is 0. The Balaban J connectivity index is 1.65. The zero-order chi connectivity index (χ0) is 18.4. The lowest BCUT2D eigenvalue weighted by atomic mass is 10.0. The molecule has 1 aliphatic heterocycles. The van der Waals surface area contributed by atoms with E-state index in [1.54, 1.807) is 0 Å². The maximum absolute atomic E-state index is 12.7. The number of para-hydroxylation sites is 1. The van der Waals surface area contributed by atoms with Crippen molar-refractivity contribution in [3.8, 4) is 5.75 Å². The lowest BCUT2D eigenvalue weighted by Gasteiger charge is -2.25. The first-order valence-electron chi connectivity index (χ1n) is 9.61. The van der Waals surface area contributed by atoms with Crippen LogP contribution in [0.1, 0.15) is 56.5 Å². The minimum atomic E-state index is -0.0307. The van der Waals surface area contributed by atoms with Gasteiger partial charge in [0.1, 0.15) is 5.75 Å². The van der Waals surface area contributed by atoms with Gasteiger partial charge in [0.2, 0.25) is 5.91 Å². The van der Waals surface area contributed by atoms with Crippen LogP contribution in [-0.4, -0.2) is 35.5 Å². The Bertz CT molecular complexity index is 699. The number of aromatic nitrogens is 1. The van der Waals surface area contributed by atoms with E-state index in [2.05, 4.69) is 28.2 Å². The molecule has 5 heteroatoms. The minimum absolute atomic E-state index is 0.0307. The predicted octanol–water partition coefficient (Wildman–Crippen LogP) is 3.82. The van der Waals surface area contributed by atoms with Crippen LogP contribution in [0, 0.1) is 0 Å². The number of H-pyrrole nitrogens is 1. The van der Waals surface area contributed by atoms with Crippen molar-refractivity contribution in [3.63, 3.8) is 0 Å². The van der Waals surface area contributed by atoms with E-state index < -0.39 is 0 Å². The minimum Gasteiger partial charge on any atom is -0.494 e. The Morgan fingerprint density at radius 2 is 2.15 bits per heavy atom. The highest BCUT2D eigenvalue weighted by molar-refractivity contribution is 5.78. The molecule has 5 nitrogen and oxygen atoms in total. The second-order valence-corrected chi connectivity index (χ2v) is 6.75. The first-order chi connectivity index (χ1) is 12.7. The quantitative estimate of drug-likeness (QED) is 0.757. The number of nitrogens with one attached hydrogen (secondary N) is 2. The van der Waals surface area contributed by atoms with E-state index in [-0.39, 0.29) is 11.9 Å². The van der Waals surface area contributed by atoms with E-state index in [4.69, 9.17) is 4.74 Å². The van der Waals surface area contributed by atoms with Gasteiger partial charge >= 0.3 is 0 Å². The topological polar surface area (TPSA) is 57.4 Å².